The fraction of sp³-hybridized carbons (Fsp3) is 0.429. The first-order chi connectivity index (χ1) is 9.67. The summed E-state index contributed by atoms with van der Waals surface area (Å²) in [5.74, 6) is -0.384. The highest BCUT2D eigenvalue weighted by atomic mass is 19.1. The predicted molar refractivity (Wildman–Crippen MR) is 72.2 cm³/mol. The van der Waals surface area contributed by atoms with Gasteiger partial charge in [0.1, 0.15) is 23.8 Å². The van der Waals surface area contributed by atoms with Crippen LogP contribution in [0.2, 0.25) is 0 Å². The molecule has 1 atom stereocenters. The lowest BCUT2D eigenvalue weighted by Gasteiger charge is -2.18. The molecule has 1 heterocycles. The zero-order chi connectivity index (χ0) is 14.5. The summed E-state index contributed by atoms with van der Waals surface area (Å²) in [6.45, 7) is 2.78. The summed E-state index contributed by atoms with van der Waals surface area (Å²) >= 11 is 0. The molecule has 6 heteroatoms. The van der Waals surface area contributed by atoms with Crippen LogP contribution >= 0.6 is 0 Å². The number of aryl methyl sites for hydroxylation is 1. The Morgan fingerprint density at radius 3 is 2.60 bits per heavy atom. The molecule has 0 saturated heterocycles. The monoisotopic (exact) mass is 280 g/mol. The highest BCUT2D eigenvalue weighted by Gasteiger charge is 2.21. The Labute approximate surface area is 116 Å². The molecule has 0 bridgehead atoms. The maximum absolute atomic E-state index is 13.8. The number of aromatic nitrogens is 3. The summed E-state index contributed by atoms with van der Waals surface area (Å²) in [6, 6.07) is 3.41. The highest BCUT2D eigenvalue weighted by molar-refractivity contribution is 5.24. The maximum Gasteiger partial charge on any atom is 0.138 e. The van der Waals surface area contributed by atoms with Gasteiger partial charge in [0, 0.05) is 24.6 Å². The first kappa shape index (κ1) is 14.6. The SMILES string of the molecule is CCCn1ncnc1CC(NC)c1c(F)cccc1F. The third-order valence-electron chi connectivity index (χ3n) is 3.21. The van der Waals surface area contributed by atoms with Crippen LogP contribution in [0.4, 0.5) is 8.78 Å². The number of nitrogens with zero attached hydrogens (tertiary/aromatic N) is 3. The Bertz CT molecular complexity index is 548. The quantitative estimate of drug-likeness (QED) is 0.884. The van der Waals surface area contributed by atoms with Crippen molar-refractivity contribution in [2.75, 3.05) is 7.05 Å². The Kier molecular flexibility index (Phi) is 4.79. The zero-order valence-electron chi connectivity index (χ0n) is 11.6. The molecule has 0 aliphatic heterocycles. The van der Waals surface area contributed by atoms with Gasteiger partial charge in [-0.2, -0.15) is 5.10 Å². The molecule has 1 aromatic heterocycles. The van der Waals surface area contributed by atoms with Crippen LogP contribution in [0.15, 0.2) is 24.5 Å². The van der Waals surface area contributed by atoms with Gasteiger partial charge in [-0.3, -0.25) is 4.68 Å². The number of likely N-dealkylation sites (N-methyl/N-ethyl adjacent to an activating group) is 1. The minimum Gasteiger partial charge on any atom is -0.312 e. The van der Waals surface area contributed by atoms with Crippen LogP contribution in [0, 0.1) is 11.6 Å². The van der Waals surface area contributed by atoms with Crippen molar-refractivity contribution in [3.05, 3.63) is 47.5 Å². The Hall–Kier alpha value is -1.82. The number of rotatable bonds is 6. The van der Waals surface area contributed by atoms with Gasteiger partial charge in [0.2, 0.25) is 0 Å². The molecule has 0 aliphatic carbocycles. The van der Waals surface area contributed by atoms with Crippen LogP contribution in [0.1, 0.15) is 30.8 Å². The third kappa shape index (κ3) is 3.01. The van der Waals surface area contributed by atoms with Crippen molar-refractivity contribution < 1.29 is 8.78 Å². The van der Waals surface area contributed by atoms with Crippen LogP contribution in [0.25, 0.3) is 0 Å². The van der Waals surface area contributed by atoms with Crippen molar-refractivity contribution in [1.29, 1.82) is 0 Å². The average Bonchev–Trinajstić information content (AvgIpc) is 2.85. The molecular weight excluding hydrogens is 262 g/mol. The fourth-order valence-electron chi connectivity index (χ4n) is 2.22. The standard InChI is InChI=1S/C14H18F2N4/c1-3-7-20-13(18-9-19-20)8-12(17-2)14-10(15)5-4-6-11(14)16/h4-6,9,12,17H,3,7-8H2,1-2H3. The van der Waals surface area contributed by atoms with Gasteiger partial charge in [0.05, 0.1) is 0 Å². The lowest BCUT2D eigenvalue weighted by atomic mass is 10.0. The second-order valence-electron chi connectivity index (χ2n) is 4.58. The maximum atomic E-state index is 13.8. The van der Waals surface area contributed by atoms with E-state index in [1.807, 2.05) is 6.92 Å². The van der Waals surface area contributed by atoms with Gasteiger partial charge < -0.3 is 5.32 Å². The normalized spacial score (nSPS) is 12.6. The van der Waals surface area contributed by atoms with Gasteiger partial charge in [-0.25, -0.2) is 13.8 Å². The third-order valence-corrected chi connectivity index (χ3v) is 3.21. The van der Waals surface area contributed by atoms with Crippen molar-refractivity contribution in [2.45, 2.75) is 32.4 Å². The van der Waals surface area contributed by atoms with Crippen LogP contribution in [-0.4, -0.2) is 21.8 Å². The summed E-state index contributed by atoms with van der Waals surface area (Å²) < 4.78 is 29.5. The van der Waals surface area contributed by atoms with Gasteiger partial charge in [0.15, 0.2) is 0 Å². The van der Waals surface area contributed by atoms with Crippen molar-refractivity contribution in [1.82, 2.24) is 20.1 Å². The molecule has 1 N–H and O–H groups in total. The lowest BCUT2D eigenvalue weighted by molar-refractivity contribution is 0.468. The molecule has 2 rings (SSSR count). The number of benzene rings is 1. The smallest absolute Gasteiger partial charge is 0.138 e. The van der Waals surface area contributed by atoms with Gasteiger partial charge in [-0.1, -0.05) is 13.0 Å². The van der Waals surface area contributed by atoms with Gasteiger partial charge in [-0.15, -0.1) is 0 Å². The molecule has 0 fully saturated rings. The van der Waals surface area contributed by atoms with E-state index in [4.69, 9.17) is 0 Å². The molecule has 1 aromatic carbocycles. The van der Waals surface area contributed by atoms with Crippen molar-refractivity contribution in [2.24, 2.45) is 0 Å². The fourth-order valence-corrected chi connectivity index (χ4v) is 2.22. The van der Waals surface area contributed by atoms with E-state index in [0.29, 0.717) is 12.2 Å². The van der Waals surface area contributed by atoms with Gasteiger partial charge >= 0.3 is 0 Å². The lowest BCUT2D eigenvalue weighted by Crippen LogP contribution is -2.23. The molecule has 1 unspecified atom stereocenters. The molecule has 2 aromatic rings. The second-order valence-corrected chi connectivity index (χ2v) is 4.58. The average molecular weight is 280 g/mol. The molecule has 0 aliphatic rings. The molecule has 108 valence electrons. The van der Waals surface area contributed by atoms with E-state index in [-0.39, 0.29) is 5.56 Å². The number of hydrogen-bond acceptors (Lipinski definition) is 3. The summed E-state index contributed by atoms with van der Waals surface area (Å²) in [5.41, 5.74) is 0.0426. The minimum atomic E-state index is -0.550. The molecule has 0 amide bonds. The van der Waals surface area contributed by atoms with Crippen molar-refractivity contribution >= 4 is 0 Å². The molecular formula is C14H18F2N4. The van der Waals surface area contributed by atoms with E-state index in [0.717, 1.165) is 13.0 Å². The second kappa shape index (κ2) is 6.56. The number of halogens is 2. The topological polar surface area (TPSA) is 42.7 Å². The highest BCUT2D eigenvalue weighted by Crippen LogP contribution is 2.23. The van der Waals surface area contributed by atoms with Crippen molar-refractivity contribution in [3.8, 4) is 0 Å². The summed E-state index contributed by atoms with van der Waals surface area (Å²) in [5, 5.41) is 7.07. The van der Waals surface area contributed by atoms with E-state index < -0.39 is 17.7 Å². The zero-order valence-corrected chi connectivity index (χ0v) is 11.6. The van der Waals surface area contributed by atoms with E-state index in [2.05, 4.69) is 15.4 Å². The largest absolute Gasteiger partial charge is 0.312 e. The Morgan fingerprint density at radius 2 is 2.00 bits per heavy atom. The van der Waals surface area contributed by atoms with Crippen LogP contribution in [0.3, 0.4) is 0 Å². The Morgan fingerprint density at radius 1 is 1.30 bits per heavy atom. The van der Waals surface area contributed by atoms with Gasteiger partial charge in [0.25, 0.3) is 0 Å². The first-order valence-corrected chi connectivity index (χ1v) is 6.65. The number of nitrogens with one attached hydrogen (secondary N) is 1. The number of hydrogen-bond donors (Lipinski definition) is 1. The van der Waals surface area contributed by atoms with E-state index in [9.17, 15) is 8.78 Å². The van der Waals surface area contributed by atoms with Crippen LogP contribution in [-0.2, 0) is 13.0 Å². The first-order valence-electron chi connectivity index (χ1n) is 6.65. The Balaban J connectivity index is 2.27. The summed E-state index contributed by atoms with van der Waals surface area (Å²) in [4.78, 5) is 4.17. The molecule has 4 nitrogen and oxygen atoms in total. The predicted octanol–water partition coefficient (Wildman–Crippen LogP) is 2.47. The van der Waals surface area contributed by atoms with E-state index >= 15 is 0 Å². The van der Waals surface area contributed by atoms with E-state index in [1.54, 1.807) is 11.7 Å². The van der Waals surface area contributed by atoms with Crippen molar-refractivity contribution in [3.63, 3.8) is 0 Å². The summed E-state index contributed by atoms with van der Waals surface area (Å²) in [6.07, 6.45) is 2.78. The molecule has 20 heavy (non-hydrogen) atoms. The van der Waals surface area contributed by atoms with Crippen LogP contribution < -0.4 is 5.32 Å². The van der Waals surface area contributed by atoms with Gasteiger partial charge in [-0.05, 0) is 25.6 Å². The molecule has 0 radical (unpaired) electrons. The van der Waals surface area contributed by atoms with E-state index in [1.165, 1.54) is 24.5 Å². The summed E-state index contributed by atoms with van der Waals surface area (Å²) in [7, 11) is 1.68. The molecule has 0 saturated carbocycles. The minimum absolute atomic E-state index is 0.0426. The van der Waals surface area contributed by atoms with Crippen LogP contribution in [0.5, 0.6) is 0 Å². The molecule has 0 spiro atoms.